The summed E-state index contributed by atoms with van der Waals surface area (Å²) in [6, 6.07) is 7.88. The molecule has 0 aliphatic carbocycles. The Labute approximate surface area is 108 Å². The highest BCUT2D eigenvalue weighted by Crippen LogP contribution is 2.25. The zero-order valence-corrected chi connectivity index (χ0v) is 10.8. The molecular formula is C12H10ClN3S. The molecule has 3 heterocycles. The van der Waals surface area contributed by atoms with E-state index in [1.807, 2.05) is 29.6 Å². The van der Waals surface area contributed by atoms with Crippen molar-refractivity contribution in [3.63, 3.8) is 0 Å². The Balaban J connectivity index is 2.22. The van der Waals surface area contributed by atoms with Crippen molar-refractivity contribution in [2.45, 2.75) is 13.3 Å². The number of rotatable bonds is 2. The third kappa shape index (κ3) is 1.83. The number of aromatic nitrogens is 3. The zero-order chi connectivity index (χ0) is 11.8. The molecule has 5 heteroatoms. The van der Waals surface area contributed by atoms with Crippen molar-refractivity contribution in [2.24, 2.45) is 0 Å². The minimum atomic E-state index is 0.606. The lowest BCUT2D eigenvalue weighted by Crippen LogP contribution is -1.95. The van der Waals surface area contributed by atoms with Crippen LogP contribution in [-0.4, -0.2) is 14.6 Å². The van der Waals surface area contributed by atoms with Gasteiger partial charge in [0.05, 0.1) is 4.88 Å². The molecule has 0 saturated heterocycles. The van der Waals surface area contributed by atoms with Crippen LogP contribution < -0.4 is 0 Å². The standard InChI is InChI=1S/C12H10ClN3S/c1-2-8-6-11(13)16-12(14-8)7-9(15-16)10-4-3-5-17-10/h3-7H,2H2,1H3. The Morgan fingerprint density at radius 2 is 2.29 bits per heavy atom. The average molecular weight is 264 g/mol. The molecule has 0 fully saturated rings. The first-order valence-corrected chi connectivity index (χ1v) is 6.63. The fraction of sp³-hybridized carbons (Fsp3) is 0.167. The Morgan fingerprint density at radius 1 is 1.41 bits per heavy atom. The lowest BCUT2D eigenvalue weighted by atomic mass is 10.3. The van der Waals surface area contributed by atoms with E-state index < -0.39 is 0 Å². The molecule has 0 aliphatic heterocycles. The van der Waals surface area contributed by atoms with Crippen LogP contribution in [0.2, 0.25) is 5.15 Å². The molecule has 3 nitrogen and oxygen atoms in total. The van der Waals surface area contributed by atoms with E-state index in [-0.39, 0.29) is 0 Å². The highest BCUT2D eigenvalue weighted by atomic mass is 35.5. The Bertz CT molecular complexity index is 658. The molecule has 0 unspecified atom stereocenters. The van der Waals surface area contributed by atoms with Gasteiger partial charge in [-0.05, 0) is 23.9 Å². The van der Waals surface area contributed by atoms with Crippen LogP contribution in [0.3, 0.4) is 0 Å². The molecule has 0 atom stereocenters. The summed E-state index contributed by atoms with van der Waals surface area (Å²) in [5.74, 6) is 0. The predicted octanol–water partition coefficient (Wildman–Crippen LogP) is 3.67. The van der Waals surface area contributed by atoms with Crippen molar-refractivity contribution in [2.75, 3.05) is 0 Å². The summed E-state index contributed by atoms with van der Waals surface area (Å²) in [6.07, 6.45) is 0.871. The summed E-state index contributed by atoms with van der Waals surface area (Å²) in [5, 5.41) is 7.10. The zero-order valence-electron chi connectivity index (χ0n) is 9.22. The van der Waals surface area contributed by atoms with E-state index in [1.165, 1.54) is 0 Å². The quantitative estimate of drug-likeness (QED) is 0.661. The molecular weight excluding hydrogens is 254 g/mol. The number of fused-ring (bicyclic) bond motifs is 1. The molecule has 0 spiro atoms. The van der Waals surface area contributed by atoms with Gasteiger partial charge in [-0.15, -0.1) is 11.3 Å². The summed E-state index contributed by atoms with van der Waals surface area (Å²) in [4.78, 5) is 5.63. The molecule has 0 aromatic carbocycles. The molecule has 86 valence electrons. The van der Waals surface area contributed by atoms with Gasteiger partial charge in [-0.2, -0.15) is 5.10 Å². The summed E-state index contributed by atoms with van der Waals surface area (Å²) in [5.41, 5.74) is 2.71. The third-order valence-electron chi connectivity index (χ3n) is 2.57. The number of nitrogens with zero attached hydrogens (tertiary/aromatic N) is 3. The molecule has 0 N–H and O–H groups in total. The van der Waals surface area contributed by atoms with Crippen molar-refractivity contribution in [1.82, 2.24) is 14.6 Å². The second-order valence-corrected chi connectivity index (χ2v) is 5.04. The Morgan fingerprint density at radius 3 is 3.00 bits per heavy atom. The molecule has 0 amide bonds. The largest absolute Gasteiger partial charge is 0.233 e. The van der Waals surface area contributed by atoms with E-state index >= 15 is 0 Å². The maximum Gasteiger partial charge on any atom is 0.157 e. The topological polar surface area (TPSA) is 30.2 Å². The van der Waals surface area contributed by atoms with Gasteiger partial charge in [-0.1, -0.05) is 24.6 Å². The van der Waals surface area contributed by atoms with Crippen LogP contribution in [-0.2, 0) is 6.42 Å². The summed E-state index contributed by atoms with van der Waals surface area (Å²) >= 11 is 7.84. The normalized spacial score (nSPS) is 11.2. The Hall–Kier alpha value is -1.39. The van der Waals surface area contributed by atoms with Crippen LogP contribution in [0.25, 0.3) is 16.2 Å². The number of halogens is 1. The lowest BCUT2D eigenvalue weighted by Gasteiger charge is -1.99. The van der Waals surface area contributed by atoms with Gasteiger partial charge >= 0.3 is 0 Å². The number of hydrogen-bond donors (Lipinski definition) is 0. The van der Waals surface area contributed by atoms with Gasteiger partial charge < -0.3 is 0 Å². The van der Waals surface area contributed by atoms with Crippen LogP contribution in [0.4, 0.5) is 0 Å². The lowest BCUT2D eigenvalue weighted by molar-refractivity contribution is 0.916. The minimum Gasteiger partial charge on any atom is -0.233 e. The molecule has 3 aromatic heterocycles. The van der Waals surface area contributed by atoms with Crippen molar-refractivity contribution >= 4 is 28.6 Å². The van der Waals surface area contributed by atoms with Crippen molar-refractivity contribution in [1.29, 1.82) is 0 Å². The molecule has 0 radical (unpaired) electrons. The maximum atomic E-state index is 6.18. The first kappa shape index (κ1) is 10.7. The van der Waals surface area contributed by atoms with Gasteiger partial charge in [0, 0.05) is 11.8 Å². The SMILES string of the molecule is CCc1cc(Cl)n2nc(-c3cccs3)cc2n1. The van der Waals surface area contributed by atoms with Gasteiger partial charge in [0.25, 0.3) is 0 Å². The average Bonchev–Trinajstić information content (AvgIpc) is 2.96. The van der Waals surface area contributed by atoms with Crippen LogP contribution in [0.5, 0.6) is 0 Å². The van der Waals surface area contributed by atoms with Crippen LogP contribution in [0, 0.1) is 0 Å². The van der Waals surface area contributed by atoms with Crippen LogP contribution in [0.1, 0.15) is 12.6 Å². The fourth-order valence-electron chi connectivity index (χ4n) is 1.71. The van der Waals surface area contributed by atoms with Crippen LogP contribution in [0.15, 0.2) is 29.6 Å². The van der Waals surface area contributed by atoms with E-state index in [9.17, 15) is 0 Å². The summed E-state index contributed by atoms with van der Waals surface area (Å²) in [6.45, 7) is 2.06. The molecule has 3 rings (SSSR count). The van der Waals surface area contributed by atoms with Gasteiger partial charge in [0.2, 0.25) is 0 Å². The van der Waals surface area contributed by atoms with Gasteiger partial charge in [0.1, 0.15) is 10.8 Å². The van der Waals surface area contributed by atoms with E-state index in [1.54, 1.807) is 15.9 Å². The molecule has 0 saturated carbocycles. The predicted molar refractivity (Wildman–Crippen MR) is 70.7 cm³/mol. The molecule has 3 aromatic rings. The monoisotopic (exact) mass is 263 g/mol. The number of thiophene rings is 1. The molecule has 17 heavy (non-hydrogen) atoms. The molecule has 0 aliphatic rings. The van der Waals surface area contributed by atoms with E-state index in [4.69, 9.17) is 11.6 Å². The van der Waals surface area contributed by atoms with E-state index in [0.717, 1.165) is 28.3 Å². The highest BCUT2D eigenvalue weighted by molar-refractivity contribution is 7.13. The number of hydrogen-bond acceptors (Lipinski definition) is 3. The van der Waals surface area contributed by atoms with Crippen molar-refractivity contribution in [3.8, 4) is 10.6 Å². The second-order valence-electron chi connectivity index (χ2n) is 3.70. The van der Waals surface area contributed by atoms with E-state index in [0.29, 0.717) is 5.15 Å². The van der Waals surface area contributed by atoms with Crippen LogP contribution >= 0.6 is 22.9 Å². The fourth-order valence-corrected chi connectivity index (χ4v) is 2.64. The number of aryl methyl sites for hydroxylation is 1. The second kappa shape index (κ2) is 4.13. The summed E-state index contributed by atoms with van der Waals surface area (Å²) < 4.78 is 1.68. The first-order valence-electron chi connectivity index (χ1n) is 5.37. The Kier molecular flexibility index (Phi) is 2.61. The van der Waals surface area contributed by atoms with E-state index in [2.05, 4.69) is 17.0 Å². The van der Waals surface area contributed by atoms with Gasteiger partial charge in [0.15, 0.2) is 5.65 Å². The van der Waals surface area contributed by atoms with Gasteiger partial charge in [-0.25, -0.2) is 9.50 Å². The smallest absolute Gasteiger partial charge is 0.157 e. The van der Waals surface area contributed by atoms with Crippen molar-refractivity contribution in [3.05, 3.63) is 40.5 Å². The minimum absolute atomic E-state index is 0.606. The summed E-state index contributed by atoms with van der Waals surface area (Å²) in [7, 11) is 0. The highest BCUT2D eigenvalue weighted by Gasteiger charge is 2.09. The van der Waals surface area contributed by atoms with Gasteiger partial charge in [-0.3, -0.25) is 0 Å². The first-order chi connectivity index (χ1) is 8.28. The third-order valence-corrected chi connectivity index (χ3v) is 3.73. The van der Waals surface area contributed by atoms with Crippen molar-refractivity contribution < 1.29 is 0 Å². The maximum absolute atomic E-state index is 6.18. The molecule has 0 bridgehead atoms.